The zero-order chi connectivity index (χ0) is 18.1. The first kappa shape index (κ1) is 17.5. The van der Waals surface area contributed by atoms with Crippen LogP contribution in [0.3, 0.4) is 0 Å². The molecule has 138 valence electrons. The minimum atomic E-state index is -1.37. The number of nitrogens with zero attached hydrogens (tertiary/aromatic N) is 2. The Labute approximate surface area is 142 Å². The minimum Gasteiger partial charge on any atom is -0.463 e. The van der Waals surface area contributed by atoms with E-state index in [2.05, 4.69) is 4.99 Å². The van der Waals surface area contributed by atoms with E-state index < -0.39 is 43.0 Å². The standard InChI is InChI=1S/C14H19N3O8/c1-6(2)12(18)22-5-7-9-10(25-14(20)24-9)11(23-7)17-4-3-8(16-21)15-13(17)19/h3-4,6-7,9-11,13,19,21H,5H2,1-2H3,(H,15,16)/t7-,9-,10-,11-,13?/m1/s1. The van der Waals surface area contributed by atoms with Gasteiger partial charge >= 0.3 is 12.1 Å². The summed E-state index contributed by atoms with van der Waals surface area (Å²) in [6.45, 7) is 3.27. The van der Waals surface area contributed by atoms with Crippen LogP contribution in [0.2, 0.25) is 0 Å². The van der Waals surface area contributed by atoms with Crippen LogP contribution < -0.4 is 5.48 Å². The van der Waals surface area contributed by atoms with E-state index in [1.165, 1.54) is 17.2 Å². The smallest absolute Gasteiger partial charge is 0.463 e. The third-order valence-corrected chi connectivity index (χ3v) is 3.95. The van der Waals surface area contributed by atoms with Gasteiger partial charge in [0.2, 0.25) is 6.35 Å². The van der Waals surface area contributed by atoms with E-state index in [1.807, 2.05) is 5.48 Å². The van der Waals surface area contributed by atoms with E-state index >= 15 is 0 Å². The van der Waals surface area contributed by atoms with Gasteiger partial charge in [-0.2, -0.15) is 0 Å². The highest BCUT2D eigenvalue weighted by atomic mass is 16.8. The van der Waals surface area contributed by atoms with Crippen LogP contribution >= 0.6 is 0 Å². The zero-order valence-electron chi connectivity index (χ0n) is 13.6. The summed E-state index contributed by atoms with van der Waals surface area (Å²) >= 11 is 0. The van der Waals surface area contributed by atoms with E-state index in [1.54, 1.807) is 13.8 Å². The van der Waals surface area contributed by atoms with Crippen LogP contribution in [0.5, 0.6) is 0 Å². The molecule has 2 fully saturated rings. The number of ether oxygens (including phenoxy) is 4. The van der Waals surface area contributed by atoms with Gasteiger partial charge in [-0.25, -0.2) is 9.79 Å². The zero-order valence-corrected chi connectivity index (χ0v) is 13.6. The molecular weight excluding hydrogens is 338 g/mol. The van der Waals surface area contributed by atoms with Crippen LogP contribution in [0, 0.1) is 5.92 Å². The molecule has 0 aromatic heterocycles. The number of aliphatic hydroxyl groups excluding tert-OH is 1. The third kappa shape index (κ3) is 3.38. The number of aliphatic imine (C=N–C) groups is 1. The Balaban J connectivity index is 1.71. The molecule has 3 N–H and O–H groups in total. The second-order valence-corrected chi connectivity index (χ2v) is 6.00. The molecule has 2 saturated heterocycles. The van der Waals surface area contributed by atoms with E-state index in [4.69, 9.17) is 24.2 Å². The summed E-state index contributed by atoms with van der Waals surface area (Å²) in [5, 5.41) is 18.9. The lowest BCUT2D eigenvalue weighted by Gasteiger charge is -2.33. The number of hydrogen-bond donors (Lipinski definition) is 3. The number of hydroxylamine groups is 1. The molecule has 25 heavy (non-hydrogen) atoms. The van der Waals surface area contributed by atoms with Crippen molar-refractivity contribution < 1.29 is 38.9 Å². The maximum atomic E-state index is 11.6. The van der Waals surface area contributed by atoms with Crippen molar-refractivity contribution in [1.29, 1.82) is 0 Å². The molecule has 0 aliphatic carbocycles. The molecule has 0 amide bonds. The Morgan fingerprint density at radius 1 is 1.44 bits per heavy atom. The van der Waals surface area contributed by atoms with E-state index in [0.717, 1.165) is 0 Å². The number of carbonyl (C=O) groups is 2. The highest BCUT2D eigenvalue weighted by Gasteiger charge is 2.57. The maximum Gasteiger partial charge on any atom is 0.509 e. The minimum absolute atomic E-state index is 0.0559. The van der Waals surface area contributed by atoms with Gasteiger partial charge in [0.05, 0.1) is 5.92 Å². The summed E-state index contributed by atoms with van der Waals surface area (Å²) in [6.07, 6.45) is -2.66. The van der Waals surface area contributed by atoms with Crippen molar-refractivity contribution in [2.45, 2.75) is 44.7 Å². The summed E-state index contributed by atoms with van der Waals surface area (Å²) in [5.74, 6) is -0.656. The summed E-state index contributed by atoms with van der Waals surface area (Å²) in [4.78, 5) is 28.2. The van der Waals surface area contributed by atoms with E-state index in [9.17, 15) is 14.7 Å². The number of rotatable bonds is 4. The lowest BCUT2D eigenvalue weighted by molar-refractivity contribution is -0.160. The molecule has 11 nitrogen and oxygen atoms in total. The van der Waals surface area contributed by atoms with Crippen LogP contribution in [-0.4, -0.2) is 70.7 Å². The van der Waals surface area contributed by atoms with Crippen molar-refractivity contribution in [3.63, 3.8) is 0 Å². The molecular formula is C14H19N3O8. The van der Waals surface area contributed by atoms with Crippen molar-refractivity contribution in [2.75, 3.05) is 6.61 Å². The van der Waals surface area contributed by atoms with Crippen LogP contribution in [0.1, 0.15) is 13.8 Å². The monoisotopic (exact) mass is 357 g/mol. The molecule has 3 aliphatic rings. The predicted molar refractivity (Wildman–Crippen MR) is 78.9 cm³/mol. The average Bonchev–Trinajstić information content (AvgIpc) is 3.10. The molecule has 5 atom stereocenters. The number of nitrogens with one attached hydrogen (secondary N) is 1. The van der Waals surface area contributed by atoms with E-state index in [-0.39, 0.29) is 18.4 Å². The molecule has 0 bridgehead atoms. The van der Waals surface area contributed by atoms with Crippen molar-refractivity contribution in [2.24, 2.45) is 10.9 Å². The van der Waals surface area contributed by atoms with Gasteiger partial charge in [0.15, 0.2) is 24.3 Å². The summed E-state index contributed by atoms with van der Waals surface area (Å²) in [5.41, 5.74) is 1.82. The Hall–Kier alpha value is -2.37. The van der Waals surface area contributed by atoms with Crippen molar-refractivity contribution >= 4 is 18.0 Å². The van der Waals surface area contributed by atoms with Crippen LogP contribution in [0.25, 0.3) is 0 Å². The fraction of sp³-hybridized carbons (Fsp3) is 0.643. The lowest BCUT2D eigenvalue weighted by atomic mass is 10.1. The topological polar surface area (TPSA) is 139 Å². The van der Waals surface area contributed by atoms with Gasteiger partial charge in [0.1, 0.15) is 12.7 Å². The average molecular weight is 357 g/mol. The Morgan fingerprint density at radius 3 is 2.80 bits per heavy atom. The molecule has 0 spiro atoms. The maximum absolute atomic E-state index is 11.6. The summed E-state index contributed by atoms with van der Waals surface area (Å²) in [7, 11) is 0. The molecule has 0 aromatic carbocycles. The molecule has 0 radical (unpaired) electrons. The molecule has 3 aliphatic heterocycles. The lowest BCUT2D eigenvalue weighted by Crippen LogP contribution is -2.47. The van der Waals surface area contributed by atoms with Crippen LogP contribution in [0.15, 0.2) is 17.3 Å². The normalized spacial score (nSPS) is 33.6. The van der Waals surface area contributed by atoms with Crippen molar-refractivity contribution in [3.05, 3.63) is 12.3 Å². The molecule has 3 rings (SSSR count). The number of amidine groups is 1. The van der Waals surface area contributed by atoms with Crippen molar-refractivity contribution in [3.8, 4) is 0 Å². The Kier molecular flexibility index (Phi) is 4.79. The highest BCUT2D eigenvalue weighted by molar-refractivity contribution is 5.92. The first-order chi connectivity index (χ1) is 11.9. The third-order valence-electron chi connectivity index (χ3n) is 3.95. The van der Waals surface area contributed by atoms with Gasteiger partial charge in [0.25, 0.3) is 0 Å². The van der Waals surface area contributed by atoms with Gasteiger partial charge in [-0.05, 0) is 6.08 Å². The number of fused-ring (bicyclic) bond motifs is 1. The van der Waals surface area contributed by atoms with Gasteiger partial charge < -0.3 is 29.0 Å². The molecule has 0 aromatic rings. The highest BCUT2D eigenvalue weighted by Crippen LogP contribution is 2.35. The number of carbonyl (C=O) groups excluding carboxylic acids is 2. The number of hydrogen-bond acceptors (Lipinski definition) is 11. The second kappa shape index (κ2) is 6.86. The fourth-order valence-electron chi connectivity index (χ4n) is 2.68. The quantitative estimate of drug-likeness (QED) is 0.437. The Morgan fingerprint density at radius 2 is 2.16 bits per heavy atom. The van der Waals surface area contributed by atoms with Gasteiger partial charge in [-0.15, -0.1) is 0 Å². The van der Waals surface area contributed by atoms with Gasteiger partial charge in [0, 0.05) is 6.20 Å². The largest absolute Gasteiger partial charge is 0.509 e. The fourth-order valence-corrected chi connectivity index (χ4v) is 2.68. The second-order valence-electron chi connectivity index (χ2n) is 6.00. The number of esters is 1. The van der Waals surface area contributed by atoms with E-state index in [0.29, 0.717) is 0 Å². The van der Waals surface area contributed by atoms with Crippen LogP contribution in [0.4, 0.5) is 4.79 Å². The van der Waals surface area contributed by atoms with Gasteiger partial charge in [-0.3, -0.25) is 15.5 Å². The predicted octanol–water partition coefficient (Wildman–Crippen LogP) is -0.703. The molecule has 0 saturated carbocycles. The number of aliphatic hydroxyl groups is 1. The summed E-state index contributed by atoms with van der Waals surface area (Å²) < 4.78 is 21.1. The molecule has 1 unspecified atom stereocenters. The first-order valence-corrected chi connectivity index (χ1v) is 7.71. The van der Waals surface area contributed by atoms with Crippen LogP contribution in [-0.2, 0) is 23.7 Å². The SMILES string of the molecule is CC(C)C(=O)OC[C@H]1O[C@@H](N2C=CC(NO)=NC2O)[C@@H]2OC(=O)O[C@@H]21. The molecule has 3 heterocycles. The van der Waals surface area contributed by atoms with Crippen molar-refractivity contribution in [1.82, 2.24) is 10.4 Å². The van der Waals surface area contributed by atoms with Gasteiger partial charge in [-0.1, -0.05) is 13.8 Å². The molecule has 11 heteroatoms. The first-order valence-electron chi connectivity index (χ1n) is 7.71. The Bertz CT molecular complexity index is 607. The summed E-state index contributed by atoms with van der Waals surface area (Å²) in [6, 6.07) is 0.